The molecule has 1 aliphatic rings. The second-order valence-electron chi connectivity index (χ2n) is 7.07. The van der Waals surface area contributed by atoms with Gasteiger partial charge in [-0.1, -0.05) is 6.07 Å². The van der Waals surface area contributed by atoms with E-state index in [9.17, 15) is 10.1 Å². The van der Waals surface area contributed by atoms with Crippen LogP contribution in [-0.4, -0.2) is 40.3 Å². The van der Waals surface area contributed by atoms with E-state index in [2.05, 4.69) is 27.0 Å². The van der Waals surface area contributed by atoms with Gasteiger partial charge in [-0.25, -0.2) is 0 Å². The third-order valence-corrected chi connectivity index (χ3v) is 5.69. The number of nitro benzene ring substituents is 1. The lowest BCUT2D eigenvalue weighted by Gasteiger charge is -2.39. The summed E-state index contributed by atoms with van der Waals surface area (Å²) in [6, 6.07) is 16.1. The molecule has 0 radical (unpaired) electrons. The van der Waals surface area contributed by atoms with Gasteiger partial charge < -0.3 is 24.3 Å². The number of non-ortho nitro benzene ring substituents is 1. The number of ether oxygens (including phenoxy) is 2. The van der Waals surface area contributed by atoms with Gasteiger partial charge in [-0.3, -0.25) is 10.1 Å². The maximum atomic E-state index is 10.9. The van der Waals surface area contributed by atoms with Crippen LogP contribution in [0.3, 0.4) is 0 Å². The number of fused-ring (bicyclic) bond motifs is 1. The van der Waals surface area contributed by atoms with Gasteiger partial charge in [-0.2, -0.15) is 0 Å². The zero-order valence-corrected chi connectivity index (χ0v) is 18.0. The minimum Gasteiger partial charge on any atom is -0.493 e. The van der Waals surface area contributed by atoms with Crippen LogP contribution in [0.5, 0.6) is 11.5 Å². The minimum atomic E-state index is -0.423. The molecule has 0 saturated carbocycles. The predicted molar refractivity (Wildman–Crippen MR) is 122 cm³/mol. The van der Waals surface area contributed by atoms with Gasteiger partial charge in [0.2, 0.25) is 0 Å². The van der Waals surface area contributed by atoms with Crippen molar-refractivity contribution in [2.45, 2.75) is 12.6 Å². The summed E-state index contributed by atoms with van der Waals surface area (Å²) < 4.78 is 13.1. The quantitative estimate of drug-likeness (QED) is 0.363. The first-order valence-corrected chi connectivity index (χ1v) is 10.1. The van der Waals surface area contributed by atoms with Crippen LogP contribution in [0.4, 0.5) is 11.4 Å². The zero-order valence-electron chi connectivity index (χ0n) is 17.1. The van der Waals surface area contributed by atoms with Crippen molar-refractivity contribution in [2.75, 3.05) is 26.1 Å². The normalized spacial score (nSPS) is 15.2. The maximum absolute atomic E-state index is 10.9. The number of nitro groups is 1. The molecular formula is C22H22N4O4S. The minimum absolute atomic E-state index is 0.0375. The first kappa shape index (κ1) is 20.7. The Morgan fingerprint density at radius 2 is 1.84 bits per heavy atom. The number of hydrogen-bond donors (Lipinski definition) is 1. The van der Waals surface area contributed by atoms with E-state index in [1.807, 2.05) is 24.3 Å². The number of anilines is 1. The number of thiocarbonyl (C=S) groups is 1. The highest BCUT2D eigenvalue weighted by molar-refractivity contribution is 7.80. The van der Waals surface area contributed by atoms with Gasteiger partial charge in [0.1, 0.15) is 0 Å². The lowest BCUT2D eigenvalue weighted by Crippen LogP contribution is -2.44. The molecule has 1 atom stereocenters. The first-order valence-electron chi connectivity index (χ1n) is 9.71. The average molecular weight is 439 g/mol. The summed E-state index contributed by atoms with van der Waals surface area (Å²) in [5.41, 5.74) is 2.87. The van der Waals surface area contributed by atoms with Gasteiger partial charge in [0.15, 0.2) is 16.6 Å². The molecule has 1 aliphatic heterocycles. The van der Waals surface area contributed by atoms with Gasteiger partial charge in [0.05, 0.1) is 25.2 Å². The smallest absolute Gasteiger partial charge is 0.269 e. The third-order valence-electron chi connectivity index (χ3n) is 5.35. The van der Waals surface area contributed by atoms with E-state index in [0.29, 0.717) is 28.8 Å². The molecule has 1 aromatic heterocycles. The number of nitrogens with one attached hydrogen (secondary N) is 1. The Labute approximate surface area is 185 Å². The molecule has 0 amide bonds. The molecule has 31 heavy (non-hydrogen) atoms. The van der Waals surface area contributed by atoms with Crippen LogP contribution in [0.2, 0.25) is 0 Å². The van der Waals surface area contributed by atoms with E-state index in [1.165, 1.54) is 12.1 Å². The Balaban J connectivity index is 1.66. The summed E-state index contributed by atoms with van der Waals surface area (Å²) in [6.45, 7) is 1.51. The lowest BCUT2D eigenvalue weighted by molar-refractivity contribution is -0.384. The molecule has 0 bridgehead atoms. The van der Waals surface area contributed by atoms with Crippen molar-refractivity contribution in [3.05, 3.63) is 82.2 Å². The highest BCUT2D eigenvalue weighted by atomic mass is 32.1. The van der Waals surface area contributed by atoms with Gasteiger partial charge in [0.25, 0.3) is 5.69 Å². The highest BCUT2D eigenvalue weighted by Crippen LogP contribution is 2.37. The number of benzene rings is 2. The molecule has 8 nitrogen and oxygen atoms in total. The molecule has 0 saturated heterocycles. The fourth-order valence-electron chi connectivity index (χ4n) is 3.84. The van der Waals surface area contributed by atoms with Crippen LogP contribution in [-0.2, 0) is 6.54 Å². The molecule has 4 rings (SSSR count). The second kappa shape index (κ2) is 8.65. The van der Waals surface area contributed by atoms with Crippen molar-refractivity contribution in [2.24, 2.45) is 0 Å². The molecule has 0 aliphatic carbocycles. The van der Waals surface area contributed by atoms with Gasteiger partial charge >= 0.3 is 0 Å². The Bertz CT molecular complexity index is 1110. The van der Waals surface area contributed by atoms with E-state index in [1.54, 1.807) is 26.4 Å². The average Bonchev–Trinajstić information content (AvgIpc) is 3.27. The highest BCUT2D eigenvalue weighted by Gasteiger charge is 2.31. The molecule has 1 N–H and O–H groups in total. The van der Waals surface area contributed by atoms with E-state index < -0.39 is 4.92 Å². The van der Waals surface area contributed by atoms with Crippen LogP contribution in [0.25, 0.3) is 0 Å². The largest absolute Gasteiger partial charge is 0.493 e. The van der Waals surface area contributed by atoms with Crippen LogP contribution < -0.4 is 14.8 Å². The van der Waals surface area contributed by atoms with Crippen molar-refractivity contribution in [1.82, 2.24) is 9.47 Å². The van der Waals surface area contributed by atoms with Crippen molar-refractivity contribution >= 4 is 28.7 Å². The number of hydrogen-bond acceptors (Lipinski definition) is 5. The molecule has 1 unspecified atom stereocenters. The number of methoxy groups -OCH3 is 2. The number of aromatic nitrogens is 1. The molecule has 160 valence electrons. The molecule has 2 aromatic carbocycles. The summed E-state index contributed by atoms with van der Waals surface area (Å²) in [5, 5.41) is 14.7. The van der Waals surface area contributed by atoms with E-state index in [4.69, 9.17) is 21.7 Å². The molecule has 3 aromatic rings. The standard InChI is InChI=1S/C22H22N4O4S/c1-29-19-10-5-15(14-20(19)30-2)21-18-4-3-11-24(18)12-13-25(21)22(31)23-16-6-8-17(9-7-16)26(27)28/h3-11,14,21H,12-13H2,1-2H3,(H,23,31). The van der Waals surface area contributed by atoms with E-state index in [0.717, 1.165) is 17.8 Å². The van der Waals surface area contributed by atoms with Crippen LogP contribution in [0.1, 0.15) is 17.3 Å². The summed E-state index contributed by atoms with van der Waals surface area (Å²) in [6.07, 6.45) is 2.06. The molecule has 0 fully saturated rings. The maximum Gasteiger partial charge on any atom is 0.269 e. The second-order valence-corrected chi connectivity index (χ2v) is 7.46. The zero-order chi connectivity index (χ0) is 22.0. The van der Waals surface area contributed by atoms with Crippen molar-refractivity contribution in [1.29, 1.82) is 0 Å². The molecular weight excluding hydrogens is 416 g/mol. The Hall–Kier alpha value is -3.59. The number of rotatable bonds is 5. The Morgan fingerprint density at radius 3 is 2.52 bits per heavy atom. The van der Waals surface area contributed by atoms with Crippen molar-refractivity contribution in [3.8, 4) is 11.5 Å². The summed E-state index contributed by atoms with van der Waals surface area (Å²) in [4.78, 5) is 12.6. The van der Waals surface area contributed by atoms with Gasteiger partial charge in [-0.15, -0.1) is 0 Å². The number of nitrogens with zero attached hydrogens (tertiary/aromatic N) is 3. The topological polar surface area (TPSA) is 81.8 Å². The predicted octanol–water partition coefficient (Wildman–Crippen LogP) is 4.22. The lowest BCUT2D eigenvalue weighted by atomic mass is 9.99. The van der Waals surface area contributed by atoms with Crippen LogP contribution in [0.15, 0.2) is 60.8 Å². The van der Waals surface area contributed by atoms with Crippen LogP contribution in [0, 0.1) is 10.1 Å². The fourth-order valence-corrected chi connectivity index (χ4v) is 4.15. The van der Waals surface area contributed by atoms with Gasteiger partial charge in [-0.05, 0) is 54.2 Å². The summed E-state index contributed by atoms with van der Waals surface area (Å²) >= 11 is 5.75. The van der Waals surface area contributed by atoms with Crippen molar-refractivity contribution in [3.63, 3.8) is 0 Å². The Morgan fingerprint density at radius 1 is 1.10 bits per heavy atom. The van der Waals surface area contributed by atoms with Gasteiger partial charge in [0, 0.05) is 42.8 Å². The van der Waals surface area contributed by atoms with Crippen LogP contribution >= 0.6 is 12.2 Å². The fraction of sp³-hybridized carbons (Fsp3) is 0.227. The summed E-state index contributed by atoms with van der Waals surface area (Å²) in [5.74, 6) is 1.31. The Kier molecular flexibility index (Phi) is 5.77. The molecule has 2 heterocycles. The first-order chi connectivity index (χ1) is 15.0. The third kappa shape index (κ3) is 4.04. The SMILES string of the molecule is COc1ccc(C2c3cccn3CCN2C(=S)Nc2ccc([N+](=O)[O-])cc2)cc1OC. The molecule has 0 spiro atoms. The van der Waals surface area contributed by atoms with E-state index in [-0.39, 0.29) is 11.7 Å². The van der Waals surface area contributed by atoms with E-state index >= 15 is 0 Å². The van der Waals surface area contributed by atoms with Crippen molar-refractivity contribution < 1.29 is 14.4 Å². The monoisotopic (exact) mass is 438 g/mol. The molecule has 9 heteroatoms. The summed E-state index contributed by atoms with van der Waals surface area (Å²) in [7, 11) is 3.22.